The first kappa shape index (κ1) is 22.2. The monoisotopic (exact) mass is 453 g/mol. The lowest BCUT2D eigenvalue weighted by molar-refractivity contribution is -0.00904. The van der Waals surface area contributed by atoms with Gasteiger partial charge in [-0.1, -0.05) is 71.7 Å². The van der Waals surface area contributed by atoms with Crippen molar-refractivity contribution in [3.8, 4) is 0 Å². The van der Waals surface area contributed by atoms with Crippen LogP contribution in [0.5, 0.6) is 0 Å². The van der Waals surface area contributed by atoms with E-state index in [1.165, 1.54) is 22.4 Å². The zero-order chi connectivity index (χ0) is 21.8. The Hall–Kier alpha value is -2.04. The molecule has 3 aromatic rings. The maximum absolute atomic E-state index is 6.52. The van der Waals surface area contributed by atoms with Gasteiger partial charge >= 0.3 is 0 Å². The van der Waals surface area contributed by atoms with Crippen molar-refractivity contribution < 1.29 is 0 Å². The minimum absolute atomic E-state index is 0.164. The molecule has 0 spiro atoms. The van der Waals surface area contributed by atoms with Crippen LogP contribution in [-0.2, 0) is 13.1 Å². The second-order valence-corrected chi connectivity index (χ2v) is 9.15. The molecule has 0 amide bonds. The lowest BCUT2D eigenvalue weighted by atomic mass is 10.0. The van der Waals surface area contributed by atoms with E-state index in [-0.39, 0.29) is 6.17 Å². The highest BCUT2D eigenvalue weighted by molar-refractivity contribution is 6.31. The molecule has 3 aromatic carbocycles. The fourth-order valence-electron chi connectivity index (χ4n) is 4.34. The van der Waals surface area contributed by atoms with Gasteiger partial charge in [0.05, 0.1) is 6.17 Å². The van der Waals surface area contributed by atoms with E-state index in [2.05, 4.69) is 77.3 Å². The third-order valence-electron chi connectivity index (χ3n) is 5.95. The van der Waals surface area contributed by atoms with Crippen molar-refractivity contribution >= 4 is 28.9 Å². The molecule has 1 fully saturated rings. The summed E-state index contributed by atoms with van der Waals surface area (Å²) >= 11 is 13.0. The first-order chi connectivity index (χ1) is 15.0. The van der Waals surface area contributed by atoms with Crippen LogP contribution in [0.25, 0.3) is 0 Å². The van der Waals surface area contributed by atoms with Crippen LogP contribution in [-0.4, -0.2) is 37.0 Å². The number of anilines is 1. The van der Waals surface area contributed by atoms with Crippen LogP contribution in [0.1, 0.15) is 29.3 Å². The number of hydrogen-bond donors (Lipinski definition) is 0. The van der Waals surface area contributed by atoms with Gasteiger partial charge in [-0.25, -0.2) is 0 Å². The van der Waals surface area contributed by atoms with Crippen LogP contribution in [0, 0.1) is 0 Å². The van der Waals surface area contributed by atoms with E-state index in [0.717, 1.165) is 42.6 Å². The summed E-state index contributed by atoms with van der Waals surface area (Å²) in [7, 11) is 4.14. The summed E-state index contributed by atoms with van der Waals surface area (Å²) in [5, 5.41) is 1.65. The van der Waals surface area contributed by atoms with E-state index < -0.39 is 0 Å². The summed E-state index contributed by atoms with van der Waals surface area (Å²) in [6.45, 7) is 3.70. The smallest absolute Gasteiger partial charge is 0.0892 e. The van der Waals surface area contributed by atoms with Gasteiger partial charge in [0.2, 0.25) is 0 Å². The SMILES string of the molecule is CN(C)c1ccc(C2N(Cc3ccccc3Cl)CCCN2Cc2ccccc2Cl)cc1. The topological polar surface area (TPSA) is 9.72 Å². The molecule has 0 unspecified atom stereocenters. The van der Waals surface area contributed by atoms with Crippen molar-refractivity contribution in [1.29, 1.82) is 0 Å². The van der Waals surface area contributed by atoms with Crippen molar-refractivity contribution in [2.24, 2.45) is 0 Å². The molecule has 0 saturated carbocycles. The maximum atomic E-state index is 6.52. The fraction of sp³-hybridized carbons (Fsp3) is 0.308. The summed E-state index contributed by atoms with van der Waals surface area (Å²) in [6.07, 6.45) is 1.28. The molecular weight excluding hydrogens is 425 g/mol. The predicted molar refractivity (Wildman–Crippen MR) is 132 cm³/mol. The molecule has 0 aliphatic carbocycles. The molecule has 1 aliphatic rings. The Morgan fingerprint density at radius 3 is 1.68 bits per heavy atom. The van der Waals surface area contributed by atoms with Gasteiger partial charge in [-0.05, 0) is 47.4 Å². The minimum atomic E-state index is 0.164. The molecule has 1 saturated heterocycles. The molecule has 162 valence electrons. The summed E-state index contributed by atoms with van der Waals surface area (Å²) < 4.78 is 0. The number of hydrogen-bond acceptors (Lipinski definition) is 3. The fourth-order valence-corrected chi connectivity index (χ4v) is 4.73. The Balaban J connectivity index is 1.67. The zero-order valence-corrected chi connectivity index (χ0v) is 19.7. The van der Waals surface area contributed by atoms with Crippen molar-refractivity contribution in [2.45, 2.75) is 25.7 Å². The molecule has 4 rings (SSSR count). The van der Waals surface area contributed by atoms with Crippen molar-refractivity contribution in [2.75, 3.05) is 32.1 Å². The molecule has 5 heteroatoms. The maximum Gasteiger partial charge on any atom is 0.0892 e. The van der Waals surface area contributed by atoms with Crippen LogP contribution >= 0.6 is 23.2 Å². The second kappa shape index (κ2) is 10.1. The second-order valence-electron chi connectivity index (χ2n) is 8.34. The van der Waals surface area contributed by atoms with E-state index in [0.29, 0.717) is 0 Å². The first-order valence-electron chi connectivity index (χ1n) is 10.7. The van der Waals surface area contributed by atoms with E-state index in [1.807, 2.05) is 24.3 Å². The Morgan fingerprint density at radius 2 is 1.23 bits per heavy atom. The molecule has 1 aliphatic heterocycles. The van der Waals surface area contributed by atoms with Crippen LogP contribution in [0.15, 0.2) is 72.8 Å². The van der Waals surface area contributed by atoms with Gasteiger partial charge in [0.25, 0.3) is 0 Å². The number of rotatable bonds is 6. The summed E-state index contributed by atoms with van der Waals surface area (Å²) in [5.74, 6) is 0. The lowest BCUT2D eigenvalue weighted by Gasteiger charge is -2.44. The molecule has 0 N–H and O–H groups in total. The predicted octanol–water partition coefficient (Wildman–Crippen LogP) is 6.47. The van der Waals surface area contributed by atoms with Crippen molar-refractivity contribution in [3.63, 3.8) is 0 Å². The largest absolute Gasteiger partial charge is 0.378 e. The van der Waals surface area contributed by atoms with E-state index in [9.17, 15) is 0 Å². The van der Waals surface area contributed by atoms with Crippen LogP contribution in [0.4, 0.5) is 5.69 Å². The molecule has 3 nitrogen and oxygen atoms in total. The average molecular weight is 454 g/mol. The Morgan fingerprint density at radius 1 is 0.742 bits per heavy atom. The number of nitrogens with zero attached hydrogens (tertiary/aromatic N) is 3. The quantitative estimate of drug-likeness (QED) is 0.423. The van der Waals surface area contributed by atoms with E-state index in [4.69, 9.17) is 23.2 Å². The van der Waals surface area contributed by atoms with Crippen LogP contribution < -0.4 is 4.90 Å². The van der Waals surface area contributed by atoms with Gasteiger partial charge in [0.15, 0.2) is 0 Å². The zero-order valence-electron chi connectivity index (χ0n) is 18.1. The Kier molecular flexibility index (Phi) is 7.19. The Bertz CT molecular complexity index is 948. The molecule has 1 heterocycles. The third-order valence-corrected chi connectivity index (χ3v) is 6.69. The van der Waals surface area contributed by atoms with E-state index >= 15 is 0 Å². The highest BCUT2D eigenvalue weighted by atomic mass is 35.5. The van der Waals surface area contributed by atoms with Gasteiger partial charge in [-0.2, -0.15) is 0 Å². The number of benzene rings is 3. The van der Waals surface area contributed by atoms with Gasteiger partial charge in [-0.15, -0.1) is 0 Å². The normalized spacial score (nSPS) is 15.9. The van der Waals surface area contributed by atoms with Crippen molar-refractivity contribution in [3.05, 3.63) is 99.5 Å². The van der Waals surface area contributed by atoms with Gasteiger partial charge in [-0.3, -0.25) is 9.80 Å². The summed E-state index contributed by atoms with van der Waals surface area (Å²) in [5.41, 5.74) is 4.83. The molecule has 0 radical (unpaired) electrons. The molecule has 0 aromatic heterocycles. The minimum Gasteiger partial charge on any atom is -0.378 e. The van der Waals surface area contributed by atoms with E-state index in [1.54, 1.807) is 0 Å². The van der Waals surface area contributed by atoms with Crippen LogP contribution in [0.2, 0.25) is 10.0 Å². The first-order valence-corrected chi connectivity index (χ1v) is 11.5. The molecule has 0 atom stereocenters. The van der Waals surface area contributed by atoms with Crippen LogP contribution in [0.3, 0.4) is 0 Å². The van der Waals surface area contributed by atoms with Crippen molar-refractivity contribution in [1.82, 2.24) is 9.80 Å². The molecule has 0 bridgehead atoms. The highest BCUT2D eigenvalue weighted by Gasteiger charge is 2.31. The van der Waals surface area contributed by atoms with Gasteiger partial charge in [0.1, 0.15) is 0 Å². The lowest BCUT2D eigenvalue weighted by Crippen LogP contribution is -2.46. The summed E-state index contributed by atoms with van der Waals surface area (Å²) in [4.78, 5) is 7.20. The summed E-state index contributed by atoms with van der Waals surface area (Å²) in [6, 6.07) is 25.2. The molecular formula is C26H29Cl2N3. The molecule has 31 heavy (non-hydrogen) atoms. The highest BCUT2D eigenvalue weighted by Crippen LogP contribution is 2.34. The van der Waals surface area contributed by atoms with Gasteiger partial charge in [0, 0.05) is 56.0 Å². The van der Waals surface area contributed by atoms with Gasteiger partial charge < -0.3 is 4.90 Å². The Labute approximate surface area is 195 Å². The average Bonchev–Trinajstić information content (AvgIpc) is 2.77. The third kappa shape index (κ3) is 5.24. The number of halogens is 2. The standard InChI is InChI=1S/C26H29Cl2N3/c1-29(2)23-14-12-20(13-15-23)26-30(18-21-8-3-5-10-24(21)27)16-7-17-31(26)19-22-9-4-6-11-25(22)28/h3-6,8-15,26H,7,16-19H2,1-2H3.